The van der Waals surface area contributed by atoms with E-state index >= 15 is 0 Å². The molecule has 0 fully saturated rings. The standard InChI is InChI=1S/C10H18N2O/c1-4-7-8-9(5-2)11-12(6-3)10(8)13/h11H,4-7H2,1-3H3. The van der Waals surface area contributed by atoms with Crippen LogP contribution in [-0.4, -0.2) is 9.78 Å². The Morgan fingerprint density at radius 1 is 1.31 bits per heavy atom. The summed E-state index contributed by atoms with van der Waals surface area (Å²) in [6.45, 7) is 6.88. The molecule has 74 valence electrons. The zero-order chi connectivity index (χ0) is 9.84. The summed E-state index contributed by atoms with van der Waals surface area (Å²) in [5, 5.41) is 3.14. The first kappa shape index (κ1) is 10.1. The molecule has 3 heteroatoms. The largest absolute Gasteiger partial charge is 0.299 e. The normalized spacial score (nSPS) is 10.7. The molecule has 1 rings (SSSR count). The molecule has 1 N–H and O–H groups in total. The fourth-order valence-electron chi connectivity index (χ4n) is 1.60. The molecular weight excluding hydrogens is 164 g/mol. The highest BCUT2D eigenvalue weighted by molar-refractivity contribution is 5.17. The third-order valence-corrected chi connectivity index (χ3v) is 2.31. The lowest BCUT2D eigenvalue weighted by Gasteiger charge is -1.94. The maximum Gasteiger partial charge on any atom is 0.269 e. The molecule has 1 aromatic rings. The predicted molar refractivity (Wildman–Crippen MR) is 54.1 cm³/mol. The molecule has 0 spiro atoms. The Kier molecular flexibility index (Phi) is 3.34. The number of hydrogen-bond acceptors (Lipinski definition) is 1. The fraction of sp³-hybridized carbons (Fsp3) is 0.700. The van der Waals surface area contributed by atoms with Crippen LogP contribution in [0.15, 0.2) is 4.79 Å². The Morgan fingerprint density at radius 3 is 2.46 bits per heavy atom. The molecule has 1 heterocycles. The zero-order valence-corrected chi connectivity index (χ0v) is 8.68. The SMILES string of the molecule is CCCc1c(CC)[nH]n(CC)c1=O. The van der Waals surface area contributed by atoms with Gasteiger partial charge in [0.1, 0.15) is 0 Å². The van der Waals surface area contributed by atoms with Crippen LogP contribution >= 0.6 is 0 Å². The van der Waals surface area contributed by atoms with Crippen molar-refractivity contribution in [2.45, 2.75) is 46.6 Å². The average molecular weight is 182 g/mol. The van der Waals surface area contributed by atoms with Gasteiger partial charge in [0, 0.05) is 17.8 Å². The number of H-pyrrole nitrogens is 1. The van der Waals surface area contributed by atoms with Crippen LogP contribution in [0, 0.1) is 0 Å². The number of hydrogen-bond donors (Lipinski definition) is 1. The third-order valence-electron chi connectivity index (χ3n) is 2.31. The van der Waals surface area contributed by atoms with E-state index in [0.29, 0.717) is 0 Å². The van der Waals surface area contributed by atoms with Crippen molar-refractivity contribution in [2.75, 3.05) is 0 Å². The van der Waals surface area contributed by atoms with Crippen molar-refractivity contribution in [3.63, 3.8) is 0 Å². The summed E-state index contributed by atoms with van der Waals surface area (Å²) in [5.41, 5.74) is 2.25. The lowest BCUT2D eigenvalue weighted by Crippen LogP contribution is -2.17. The lowest BCUT2D eigenvalue weighted by molar-refractivity contribution is 0.628. The van der Waals surface area contributed by atoms with Gasteiger partial charge in [-0.25, -0.2) is 0 Å². The topological polar surface area (TPSA) is 37.8 Å². The molecule has 0 atom stereocenters. The number of aromatic amines is 1. The van der Waals surface area contributed by atoms with Gasteiger partial charge in [-0.05, 0) is 19.8 Å². The molecule has 0 aliphatic heterocycles. The van der Waals surface area contributed by atoms with Crippen LogP contribution in [-0.2, 0) is 19.4 Å². The Hall–Kier alpha value is -0.990. The van der Waals surface area contributed by atoms with Gasteiger partial charge in [0.15, 0.2) is 0 Å². The molecule has 0 aromatic carbocycles. The molecule has 1 aromatic heterocycles. The van der Waals surface area contributed by atoms with E-state index in [1.807, 2.05) is 6.92 Å². The van der Waals surface area contributed by atoms with Crippen molar-refractivity contribution in [3.05, 3.63) is 21.6 Å². The molecular formula is C10H18N2O. The van der Waals surface area contributed by atoms with E-state index in [9.17, 15) is 4.79 Å². The highest BCUT2D eigenvalue weighted by atomic mass is 16.1. The second kappa shape index (κ2) is 4.30. The van der Waals surface area contributed by atoms with Crippen LogP contribution in [0.5, 0.6) is 0 Å². The molecule has 0 amide bonds. The summed E-state index contributed by atoms with van der Waals surface area (Å²) in [4.78, 5) is 11.7. The van der Waals surface area contributed by atoms with E-state index in [2.05, 4.69) is 18.9 Å². The number of nitrogens with one attached hydrogen (secondary N) is 1. The van der Waals surface area contributed by atoms with E-state index in [4.69, 9.17) is 0 Å². The first-order chi connectivity index (χ1) is 6.24. The van der Waals surface area contributed by atoms with Crippen LogP contribution in [0.25, 0.3) is 0 Å². The molecule has 3 nitrogen and oxygen atoms in total. The number of aryl methyl sites for hydroxylation is 2. The van der Waals surface area contributed by atoms with Gasteiger partial charge in [0.05, 0.1) is 0 Å². The van der Waals surface area contributed by atoms with Gasteiger partial charge in [-0.3, -0.25) is 14.6 Å². The second-order valence-electron chi connectivity index (χ2n) is 3.22. The third kappa shape index (κ3) is 1.85. The molecule has 0 radical (unpaired) electrons. The van der Waals surface area contributed by atoms with Crippen molar-refractivity contribution in [1.82, 2.24) is 9.78 Å². The second-order valence-corrected chi connectivity index (χ2v) is 3.22. The van der Waals surface area contributed by atoms with Crippen molar-refractivity contribution < 1.29 is 0 Å². The molecule has 0 saturated heterocycles. The Morgan fingerprint density at radius 2 is 2.00 bits per heavy atom. The van der Waals surface area contributed by atoms with Gasteiger partial charge < -0.3 is 0 Å². The van der Waals surface area contributed by atoms with E-state index in [1.165, 1.54) is 0 Å². The van der Waals surface area contributed by atoms with Gasteiger partial charge in [0.2, 0.25) is 0 Å². The highest BCUT2D eigenvalue weighted by Crippen LogP contribution is 2.04. The van der Waals surface area contributed by atoms with Crippen molar-refractivity contribution in [2.24, 2.45) is 0 Å². The quantitative estimate of drug-likeness (QED) is 0.756. The Bertz CT molecular complexity index is 322. The molecule has 0 aliphatic carbocycles. The molecule has 0 bridgehead atoms. The molecule has 0 saturated carbocycles. The fourth-order valence-corrected chi connectivity index (χ4v) is 1.60. The monoisotopic (exact) mass is 182 g/mol. The maximum atomic E-state index is 11.7. The van der Waals surface area contributed by atoms with Crippen molar-refractivity contribution in [1.29, 1.82) is 0 Å². The van der Waals surface area contributed by atoms with Gasteiger partial charge in [-0.15, -0.1) is 0 Å². The van der Waals surface area contributed by atoms with Gasteiger partial charge in [-0.2, -0.15) is 0 Å². The Labute approximate surface area is 78.8 Å². The zero-order valence-electron chi connectivity index (χ0n) is 8.68. The number of nitrogens with zero attached hydrogens (tertiary/aromatic N) is 1. The van der Waals surface area contributed by atoms with Crippen molar-refractivity contribution >= 4 is 0 Å². The lowest BCUT2D eigenvalue weighted by atomic mass is 10.1. The van der Waals surface area contributed by atoms with E-state index < -0.39 is 0 Å². The average Bonchev–Trinajstić information content (AvgIpc) is 2.45. The maximum absolute atomic E-state index is 11.7. The van der Waals surface area contributed by atoms with Crippen LogP contribution in [0.4, 0.5) is 0 Å². The first-order valence-electron chi connectivity index (χ1n) is 5.05. The highest BCUT2D eigenvalue weighted by Gasteiger charge is 2.10. The summed E-state index contributed by atoms with van der Waals surface area (Å²) in [6.07, 6.45) is 2.84. The molecule has 13 heavy (non-hydrogen) atoms. The van der Waals surface area contributed by atoms with E-state index in [0.717, 1.165) is 37.1 Å². The van der Waals surface area contributed by atoms with Crippen molar-refractivity contribution in [3.8, 4) is 0 Å². The Balaban J connectivity index is 3.13. The minimum atomic E-state index is 0.168. The van der Waals surface area contributed by atoms with Gasteiger partial charge in [0.25, 0.3) is 5.56 Å². The smallest absolute Gasteiger partial charge is 0.269 e. The summed E-state index contributed by atoms with van der Waals surface area (Å²) in [7, 11) is 0. The van der Waals surface area contributed by atoms with Gasteiger partial charge in [-0.1, -0.05) is 20.3 Å². The van der Waals surface area contributed by atoms with Crippen LogP contribution in [0.3, 0.4) is 0 Å². The molecule has 0 unspecified atom stereocenters. The summed E-state index contributed by atoms with van der Waals surface area (Å²) < 4.78 is 1.68. The minimum Gasteiger partial charge on any atom is -0.299 e. The predicted octanol–water partition coefficient (Wildman–Crippen LogP) is 1.71. The molecule has 0 aliphatic rings. The summed E-state index contributed by atoms with van der Waals surface area (Å²) in [6, 6.07) is 0. The van der Waals surface area contributed by atoms with Gasteiger partial charge >= 0.3 is 0 Å². The van der Waals surface area contributed by atoms with E-state index in [1.54, 1.807) is 4.68 Å². The van der Waals surface area contributed by atoms with E-state index in [-0.39, 0.29) is 5.56 Å². The van der Waals surface area contributed by atoms with Crippen LogP contribution in [0.2, 0.25) is 0 Å². The first-order valence-corrected chi connectivity index (χ1v) is 5.05. The number of aromatic nitrogens is 2. The van der Waals surface area contributed by atoms with Crippen LogP contribution in [0.1, 0.15) is 38.4 Å². The summed E-state index contributed by atoms with van der Waals surface area (Å²) >= 11 is 0. The van der Waals surface area contributed by atoms with Crippen LogP contribution < -0.4 is 5.56 Å². The number of rotatable bonds is 4. The minimum absolute atomic E-state index is 0.168. The summed E-state index contributed by atoms with van der Waals surface area (Å²) in [5.74, 6) is 0.